The molecule has 3 atom stereocenters. The molecule has 2 fully saturated rings. The van der Waals surface area contributed by atoms with Gasteiger partial charge in [0.25, 0.3) is 0 Å². The highest BCUT2D eigenvalue weighted by Crippen LogP contribution is 2.30. The third-order valence-electron chi connectivity index (χ3n) is 9.22. The summed E-state index contributed by atoms with van der Waals surface area (Å²) in [6.07, 6.45) is 3.48. The maximum absolute atomic E-state index is 8.56. The molecule has 10 nitrogen and oxygen atoms in total. The van der Waals surface area contributed by atoms with Gasteiger partial charge in [0.2, 0.25) is 0 Å². The SMILES string of the molecule is O=C(O)O.c1ccc(COCCOCc2ccc(C3CCNCC3OCc3ccc4cccc(COCCCOC5CCCCO5)c4c3)cc2)cc1. The molecular formula is C42H53NO9. The first kappa shape index (κ1) is 39.3. The first-order valence-corrected chi connectivity index (χ1v) is 18.4. The maximum Gasteiger partial charge on any atom is 0.503 e. The predicted molar refractivity (Wildman–Crippen MR) is 199 cm³/mol. The van der Waals surface area contributed by atoms with Gasteiger partial charge in [-0.25, -0.2) is 4.79 Å². The zero-order valence-corrected chi connectivity index (χ0v) is 30.0. The number of piperidine rings is 1. The van der Waals surface area contributed by atoms with Crippen LogP contribution in [0.5, 0.6) is 0 Å². The molecule has 0 saturated carbocycles. The fraction of sp³-hybridized carbons (Fsp3) is 0.452. The van der Waals surface area contributed by atoms with Crippen LogP contribution in [0, 0.1) is 0 Å². The molecule has 3 unspecified atom stereocenters. The molecule has 6 rings (SSSR count). The molecule has 4 aromatic carbocycles. The van der Waals surface area contributed by atoms with Gasteiger partial charge >= 0.3 is 6.16 Å². The van der Waals surface area contributed by atoms with Gasteiger partial charge in [-0.1, -0.05) is 84.9 Å². The van der Waals surface area contributed by atoms with Gasteiger partial charge in [-0.3, -0.25) is 0 Å². The standard InChI is InChI=1S/C41H51NO6.CH2O3/c1-2-8-32(9-3-1)28-44-24-25-45-29-33-13-16-36(17-14-33)38-19-20-42-27-40(38)48-30-34-15-18-35-10-6-11-37(39(35)26-34)31-43-21-7-23-47-41-12-4-5-22-46-41;2-1(3)4/h1-3,6,8-11,13-18,26,38,40-42H,4-5,7,12,19-25,27-31H2;(H2,2,3,4). The van der Waals surface area contributed by atoms with Crippen molar-refractivity contribution in [3.8, 4) is 0 Å². The van der Waals surface area contributed by atoms with E-state index in [4.69, 9.17) is 43.4 Å². The second-order valence-electron chi connectivity index (χ2n) is 13.1. The Morgan fingerprint density at radius 1 is 0.712 bits per heavy atom. The van der Waals surface area contributed by atoms with Crippen molar-refractivity contribution in [2.75, 3.05) is 46.1 Å². The summed E-state index contributed by atoms with van der Waals surface area (Å²) in [4.78, 5) is 8.56. The van der Waals surface area contributed by atoms with E-state index < -0.39 is 6.16 Å². The van der Waals surface area contributed by atoms with Crippen molar-refractivity contribution in [2.24, 2.45) is 0 Å². The number of benzene rings is 4. The molecule has 280 valence electrons. The summed E-state index contributed by atoms with van der Waals surface area (Å²) in [5.74, 6) is 0.352. The van der Waals surface area contributed by atoms with E-state index in [0.717, 1.165) is 45.4 Å². The second kappa shape index (κ2) is 22.3. The van der Waals surface area contributed by atoms with E-state index in [9.17, 15) is 0 Å². The number of ether oxygens (including phenoxy) is 6. The third kappa shape index (κ3) is 13.6. The molecule has 3 N–H and O–H groups in total. The predicted octanol–water partition coefficient (Wildman–Crippen LogP) is 7.91. The number of hydrogen-bond acceptors (Lipinski definition) is 8. The van der Waals surface area contributed by atoms with E-state index in [-0.39, 0.29) is 12.4 Å². The van der Waals surface area contributed by atoms with E-state index in [0.29, 0.717) is 58.8 Å². The monoisotopic (exact) mass is 715 g/mol. The molecule has 4 aromatic rings. The zero-order valence-electron chi connectivity index (χ0n) is 30.0. The molecule has 2 aliphatic heterocycles. The fourth-order valence-electron chi connectivity index (χ4n) is 6.52. The Balaban J connectivity index is 0.00000124. The number of rotatable bonds is 18. The highest BCUT2D eigenvalue weighted by molar-refractivity contribution is 5.86. The lowest BCUT2D eigenvalue weighted by Gasteiger charge is -2.32. The van der Waals surface area contributed by atoms with Crippen LogP contribution in [0.15, 0.2) is 91.0 Å². The first-order chi connectivity index (χ1) is 25.5. The van der Waals surface area contributed by atoms with Crippen LogP contribution in [0.3, 0.4) is 0 Å². The Kier molecular flexibility index (Phi) is 16.8. The fourth-order valence-corrected chi connectivity index (χ4v) is 6.52. The van der Waals surface area contributed by atoms with E-state index >= 15 is 0 Å². The van der Waals surface area contributed by atoms with Gasteiger partial charge in [-0.15, -0.1) is 0 Å². The van der Waals surface area contributed by atoms with Gasteiger partial charge in [0.05, 0.1) is 52.4 Å². The van der Waals surface area contributed by atoms with Gasteiger partial charge < -0.3 is 44.0 Å². The van der Waals surface area contributed by atoms with Crippen LogP contribution < -0.4 is 5.32 Å². The molecule has 10 heteroatoms. The van der Waals surface area contributed by atoms with Crippen molar-refractivity contribution in [1.82, 2.24) is 5.32 Å². The summed E-state index contributed by atoms with van der Waals surface area (Å²) in [7, 11) is 0. The molecule has 2 saturated heterocycles. The van der Waals surface area contributed by atoms with E-state index in [1.807, 2.05) is 18.2 Å². The van der Waals surface area contributed by atoms with Crippen LogP contribution in [0.2, 0.25) is 0 Å². The van der Waals surface area contributed by atoms with Crippen molar-refractivity contribution >= 4 is 16.9 Å². The number of carbonyl (C=O) groups is 1. The second-order valence-corrected chi connectivity index (χ2v) is 13.1. The smallest absolute Gasteiger partial charge is 0.450 e. The largest absolute Gasteiger partial charge is 0.503 e. The first-order valence-electron chi connectivity index (χ1n) is 18.4. The molecule has 0 aliphatic carbocycles. The third-order valence-corrected chi connectivity index (χ3v) is 9.22. The topological polar surface area (TPSA) is 125 Å². The minimum Gasteiger partial charge on any atom is -0.450 e. The van der Waals surface area contributed by atoms with Gasteiger partial charge in [0.1, 0.15) is 0 Å². The number of carboxylic acid groups (broad SMARTS) is 2. The molecule has 2 heterocycles. The lowest BCUT2D eigenvalue weighted by atomic mass is 9.87. The zero-order chi connectivity index (χ0) is 36.2. The Morgan fingerprint density at radius 3 is 2.19 bits per heavy atom. The highest BCUT2D eigenvalue weighted by Gasteiger charge is 2.27. The van der Waals surface area contributed by atoms with E-state index in [1.165, 1.54) is 45.0 Å². The minimum absolute atomic E-state index is 0.0372. The molecular weight excluding hydrogens is 662 g/mol. The molecule has 0 amide bonds. The highest BCUT2D eigenvalue weighted by atomic mass is 16.7. The minimum atomic E-state index is -1.83. The average Bonchev–Trinajstić information content (AvgIpc) is 3.18. The van der Waals surface area contributed by atoms with Crippen LogP contribution in [0.4, 0.5) is 4.79 Å². The molecule has 0 aromatic heterocycles. The lowest BCUT2D eigenvalue weighted by Crippen LogP contribution is -2.40. The van der Waals surface area contributed by atoms with Gasteiger partial charge in [0.15, 0.2) is 6.29 Å². The van der Waals surface area contributed by atoms with E-state index in [1.54, 1.807) is 0 Å². The average molecular weight is 716 g/mol. The Morgan fingerprint density at radius 2 is 1.44 bits per heavy atom. The number of nitrogens with one attached hydrogen (secondary N) is 1. The Hall–Kier alpha value is -3.87. The summed E-state index contributed by atoms with van der Waals surface area (Å²) in [6.45, 7) is 7.51. The normalized spacial score (nSPS) is 18.8. The van der Waals surface area contributed by atoms with Crippen molar-refractivity contribution in [2.45, 2.75) is 76.8 Å². The van der Waals surface area contributed by atoms with E-state index in [2.05, 4.69) is 78.1 Å². The van der Waals surface area contributed by atoms with Crippen molar-refractivity contribution in [3.63, 3.8) is 0 Å². The van der Waals surface area contributed by atoms with Crippen molar-refractivity contribution in [3.05, 3.63) is 119 Å². The Labute approximate surface area is 307 Å². The Bertz CT molecular complexity index is 1590. The molecule has 0 spiro atoms. The number of fused-ring (bicyclic) bond motifs is 1. The van der Waals surface area contributed by atoms with Crippen LogP contribution in [-0.2, 0) is 54.8 Å². The molecule has 2 aliphatic rings. The van der Waals surface area contributed by atoms with Crippen LogP contribution >= 0.6 is 0 Å². The lowest BCUT2D eigenvalue weighted by molar-refractivity contribution is -0.164. The van der Waals surface area contributed by atoms with Crippen molar-refractivity contribution < 1.29 is 43.4 Å². The number of hydrogen-bond donors (Lipinski definition) is 3. The van der Waals surface area contributed by atoms with Gasteiger partial charge in [0, 0.05) is 25.7 Å². The molecule has 0 radical (unpaired) electrons. The molecule has 52 heavy (non-hydrogen) atoms. The molecule has 0 bridgehead atoms. The van der Waals surface area contributed by atoms with Gasteiger partial charge in [-0.2, -0.15) is 0 Å². The summed E-state index contributed by atoms with van der Waals surface area (Å²) >= 11 is 0. The quantitative estimate of drug-likeness (QED) is 0.0876. The van der Waals surface area contributed by atoms with Gasteiger partial charge in [-0.05, 0) is 83.3 Å². The van der Waals surface area contributed by atoms with Crippen LogP contribution in [0.1, 0.15) is 65.8 Å². The summed E-state index contributed by atoms with van der Waals surface area (Å²) in [5.41, 5.74) is 6.06. The maximum atomic E-state index is 8.56. The summed E-state index contributed by atoms with van der Waals surface area (Å²) in [5, 5.41) is 19.9. The summed E-state index contributed by atoms with van der Waals surface area (Å²) < 4.78 is 35.8. The van der Waals surface area contributed by atoms with Crippen LogP contribution in [-0.4, -0.2) is 74.9 Å². The summed E-state index contributed by atoms with van der Waals surface area (Å²) in [6, 6.07) is 32.2. The van der Waals surface area contributed by atoms with Crippen LogP contribution in [0.25, 0.3) is 10.8 Å². The van der Waals surface area contributed by atoms with Crippen molar-refractivity contribution in [1.29, 1.82) is 0 Å².